The molecule has 0 saturated carbocycles. The van der Waals surface area contributed by atoms with Crippen molar-refractivity contribution in [3.05, 3.63) is 65.4 Å². The Morgan fingerprint density at radius 1 is 1.00 bits per heavy atom. The second-order valence-electron chi connectivity index (χ2n) is 8.02. The summed E-state index contributed by atoms with van der Waals surface area (Å²) >= 11 is 0. The van der Waals surface area contributed by atoms with Crippen molar-refractivity contribution < 1.29 is 14.3 Å². The molecular formula is C23H27N3O3. The first-order chi connectivity index (χ1) is 13.8. The van der Waals surface area contributed by atoms with Crippen LogP contribution in [0.4, 0.5) is 5.69 Å². The maximum Gasteiger partial charge on any atom is 0.267 e. The molecule has 29 heavy (non-hydrogen) atoms. The highest BCUT2D eigenvalue weighted by atomic mass is 16.5. The average Bonchev–Trinajstić information content (AvgIpc) is 3.11. The minimum absolute atomic E-state index is 0.0435. The Hall–Kier alpha value is -3.12. The maximum atomic E-state index is 12.6. The number of methoxy groups -OCH3 is 1. The van der Waals surface area contributed by atoms with Crippen LogP contribution in [0.1, 0.15) is 47.2 Å². The van der Waals surface area contributed by atoms with E-state index in [9.17, 15) is 9.59 Å². The quantitative estimate of drug-likeness (QED) is 0.552. The highest BCUT2D eigenvalue weighted by molar-refractivity contribution is 6.05. The minimum Gasteiger partial charge on any atom is -0.383 e. The summed E-state index contributed by atoms with van der Waals surface area (Å²) in [6, 6.07) is 14.9. The molecule has 0 unspecified atom stereocenters. The molecule has 2 aromatic carbocycles. The molecular weight excluding hydrogens is 366 g/mol. The first-order valence-electron chi connectivity index (χ1n) is 9.60. The van der Waals surface area contributed by atoms with Gasteiger partial charge in [0.05, 0.1) is 6.61 Å². The summed E-state index contributed by atoms with van der Waals surface area (Å²) in [5.41, 5.74) is 3.80. The number of hydrogen-bond donors (Lipinski definition) is 3. The van der Waals surface area contributed by atoms with Crippen LogP contribution in [0.25, 0.3) is 10.9 Å². The van der Waals surface area contributed by atoms with E-state index in [2.05, 4.69) is 36.4 Å². The number of carbonyl (C=O) groups excluding carboxylic acids is 2. The Bertz CT molecular complexity index is 1010. The summed E-state index contributed by atoms with van der Waals surface area (Å²) in [6.07, 6.45) is 0. The molecule has 0 saturated heterocycles. The van der Waals surface area contributed by atoms with Gasteiger partial charge in [0.15, 0.2) is 0 Å². The molecule has 0 bridgehead atoms. The van der Waals surface area contributed by atoms with E-state index in [1.54, 1.807) is 13.2 Å². The largest absolute Gasteiger partial charge is 0.383 e. The van der Waals surface area contributed by atoms with Gasteiger partial charge in [-0.15, -0.1) is 0 Å². The molecule has 0 aliphatic rings. The van der Waals surface area contributed by atoms with Gasteiger partial charge in [-0.05, 0) is 47.4 Å². The van der Waals surface area contributed by atoms with Crippen LogP contribution in [0.15, 0.2) is 48.5 Å². The molecule has 3 rings (SSSR count). The van der Waals surface area contributed by atoms with Crippen molar-refractivity contribution in [2.24, 2.45) is 0 Å². The SMILES string of the molecule is COCCNC(=O)c1cc2cc(NC(=O)c3ccc(C(C)(C)C)cc3)ccc2[nH]1. The molecule has 152 valence electrons. The fraction of sp³-hybridized carbons (Fsp3) is 0.304. The van der Waals surface area contributed by atoms with E-state index in [0.717, 1.165) is 10.9 Å². The molecule has 0 fully saturated rings. The van der Waals surface area contributed by atoms with E-state index in [1.165, 1.54) is 5.56 Å². The number of fused-ring (bicyclic) bond motifs is 1. The van der Waals surface area contributed by atoms with Crippen LogP contribution < -0.4 is 10.6 Å². The monoisotopic (exact) mass is 393 g/mol. The highest BCUT2D eigenvalue weighted by Gasteiger charge is 2.15. The molecule has 0 spiro atoms. The number of anilines is 1. The molecule has 6 nitrogen and oxygen atoms in total. The molecule has 2 amide bonds. The van der Waals surface area contributed by atoms with Gasteiger partial charge in [0.2, 0.25) is 0 Å². The van der Waals surface area contributed by atoms with Crippen molar-refractivity contribution >= 4 is 28.4 Å². The number of benzene rings is 2. The van der Waals surface area contributed by atoms with Crippen molar-refractivity contribution in [1.29, 1.82) is 0 Å². The number of carbonyl (C=O) groups is 2. The molecule has 3 N–H and O–H groups in total. The topological polar surface area (TPSA) is 83.2 Å². The van der Waals surface area contributed by atoms with Gasteiger partial charge < -0.3 is 20.4 Å². The zero-order valence-electron chi connectivity index (χ0n) is 17.3. The summed E-state index contributed by atoms with van der Waals surface area (Å²) in [4.78, 5) is 27.8. The Labute approximate surface area is 170 Å². The molecule has 0 aliphatic heterocycles. The van der Waals surface area contributed by atoms with E-state index in [1.807, 2.05) is 42.5 Å². The van der Waals surface area contributed by atoms with E-state index >= 15 is 0 Å². The van der Waals surface area contributed by atoms with Gasteiger partial charge in [0.1, 0.15) is 5.69 Å². The van der Waals surface area contributed by atoms with Gasteiger partial charge in [-0.1, -0.05) is 32.9 Å². The molecule has 1 heterocycles. The summed E-state index contributed by atoms with van der Waals surface area (Å²) in [5, 5.41) is 6.55. The van der Waals surface area contributed by atoms with Gasteiger partial charge in [-0.3, -0.25) is 9.59 Å². The first-order valence-corrected chi connectivity index (χ1v) is 9.60. The second-order valence-corrected chi connectivity index (χ2v) is 8.02. The minimum atomic E-state index is -0.192. The summed E-state index contributed by atoms with van der Waals surface area (Å²) in [6.45, 7) is 7.32. The van der Waals surface area contributed by atoms with E-state index < -0.39 is 0 Å². The number of amides is 2. The van der Waals surface area contributed by atoms with E-state index in [0.29, 0.717) is 30.1 Å². The van der Waals surface area contributed by atoms with Crippen LogP contribution in [-0.4, -0.2) is 37.1 Å². The lowest BCUT2D eigenvalue weighted by molar-refractivity contribution is 0.0932. The van der Waals surface area contributed by atoms with Crippen LogP contribution in [0, 0.1) is 0 Å². The number of ether oxygens (including phenoxy) is 1. The maximum absolute atomic E-state index is 12.6. The smallest absolute Gasteiger partial charge is 0.267 e. The Morgan fingerprint density at radius 3 is 2.38 bits per heavy atom. The predicted molar refractivity (Wildman–Crippen MR) is 116 cm³/mol. The first kappa shape index (κ1) is 20.6. The van der Waals surface area contributed by atoms with Crippen LogP contribution in [0.3, 0.4) is 0 Å². The number of nitrogens with one attached hydrogen (secondary N) is 3. The number of rotatable bonds is 6. The molecule has 6 heteroatoms. The Balaban J connectivity index is 1.71. The predicted octanol–water partition coefficient (Wildman–Crippen LogP) is 4.09. The summed E-state index contributed by atoms with van der Waals surface area (Å²) in [7, 11) is 1.59. The van der Waals surface area contributed by atoms with E-state index in [4.69, 9.17) is 4.74 Å². The van der Waals surface area contributed by atoms with Crippen molar-refractivity contribution in [3.8, 4) is 0 Å². The van der Waals surface area contributed by atoms with Crippen molar-refractivity contribution in [2.75, 3.05) is 25.6 Å². The van der Waals surface area contributed by atoms with E-state index in [-0.39, 0.29) is 17.2 Å². The van der Waals surface area contributed by atoms with Gasteiger partial charge in [0.25, 0.3) is 11.8 Å². The normalized spacial score (nSPS) is 11.4. The summed E-state index contributed by atoms with van der Waals surface area (Å²) in [5.74, 6) is -0.361. The van der Waals surface area contributed by atoms with Crippen LogP contribution in [0.5, 0.6) is 0 Å². The third-order valence-corrected chi connectivity index (χ3v) is 4.73. The van der Waals surface area contributed by atoms with Crippen molar-refractivity contribution in [1.82, 2.24) is 10.3 Å². The lowest BCUT2D eigenvalue weighted by Gasteiger charge is -2.19. The third kappa shape index (κ3) is 5.03. The van der Waals surface area contributed by atoms with Gasteiger partial charge in [-0.2, -0.15) is 0 Å². The Morgan fingerprint density at radius 2 is 1.72 bits per heavy atom. The number of aromatic amines is 1. The van der Waals surface area contributed by atoms with Crippen molar-refractivity contribution in [3.63, 3.8) is 0 Å². The number of hydrogen-bond acceptors (Lipinski definition) is 3. The van der Waals surface area contributed by atoms with Crippen LogP contribution in [-0.2, 0) is 10.2 Å². The molecule has 1 aromatic heterocycles. The summed E-state index contributed by atoms with van der Waals surface area (Å²) < 4.78 is 4.93. The molecule has 3 aromatic rings. The van der Waals surface area contributed by atoms with Gasteiger partial charge in [0, 0.05) is 35.8 Å². The third-order valence-electron chi connectivity index (χ3n) is 4.73. The fourth-order valence-corrected chi connectivity index (χ4v) is 3.02. The average molecular weight is 393 g/mol. The standard InChI is InChI=1S/C23H27N3O3/c1-23(2,3)17-7-5-15(6-8-17)21(27)25-18-9-10-19-16(13-18)14-20(26-19)22(28)24-11-12-29-4/h5-10,13-14,26H,11-12H2,1-4H3,(H,24,28)(H,25,27). The van der Waals surface area contributed by atoms with Crippen molar-refractivity contribution in [2.45, 2.75) is 26.2 Å². The number of aromatic nitrogens is 1. The fourth-order valence-electron chi connectivity index (χ4n) is 3.02. The van der Waals surface area contributed by atoms with Gasteiger partial charge in [-0.25, -0.2) is 0 Å². The number of H-pyrrole nitrogens is 1. The zero-order chi connectivity index (χ0) is 21.0. The molecule has 0 atom stereocenters. The highest BCUT2D eigenvalue weighted by Crippen LogP contribution is 2.23. The second kappa shape index (κ2) is 8.49. The van der Waals surface area contributed by atoms with Crippen LogP contribution >= 0.6 is 0 Å². The van der Waals surface area contributed by atoms with Crippen LogP contribution in [0.2, 0.25) is 0 Å². The zero-order valence-corrected chi connectivity index (χ0v) is 17.3. The molecule has 0 aliphatic carbocycles. The van der Waals surface area contributed by atoms with Gasteiger partial charge >= 0.3 is 0 Å². The Kier molecular flexibility index (Phi) is 6.03. The lowest BCUT2D eigenvalue weighted by atomic mass is 9.87. The lowest BCUT2D eigenvalue weighted by Crippen LogP contribution is -2.27. The molecule has 0 radical (unpaired) electrons.